The van der Waals surface area contributed by atoms with E-state index in [-0.39, 0.29) is 27.8 Å². The van der Waals surface area contributed by atoms with Gasteiger partial charge in [-0.1, -0.05) is 54.1 Å². The second kappa shape index (κ2) is 8.58. The molecular weight excluding hydrogens is 400 g/mol. The van der Waals surface area contributed by atoms with Crippen molar-refractivity contribution in [3.05, 3.63) is 76.4 Å². The lowest BCUT2D eigenvalue weighted by molar-refractivity contribution is -0.118. The van der Waals surface area contributed by atoms with Crippen LogP contribution in [0.5, 0.6) is 0 Å². The molecule has 0 radical (unpaired) electrons. The number of benzene rings is 2. The van der Waals surface area contributed by atoms with Crippen molar-refractivity contribution in [3.8, 4) is 0 Å². The minimum atomic E-state index is -3.14. The number of hydrogen-bond donors (Lipinski definition) is 2. The van der Waals surface area contributed by atoms with Gasteiger partial charge in [0.25, 0.3) is 11.8 Å². The molecule has 28 heavy (non-hydrogen) atoms. The molecule has 2 N–H and O–H groups in total. The van der Waals surface area contributed by atoms with Gasteiger partial charge in [0.15, 0.2) is 9.84 Å². The van der Waals surface area contributed by atoms with Crippen molar-refractivity contribution in [2.45, 2.75) is 12.5 Å². The highest BCUT2D eigenvalue weighted by Crippen LogP contribution is 2.16. The average molecular weight is 419 g/mol. The fourth-order valence-electron chi connectivity index (χ4n) is 2.88. The summed E-state index contributed by atoms with van der Waals surface area (Å²) in [6.07, 6.45) is 1.89. The number of sulfone groups is 1. The van der Waals surface area contributed by atoms with Crippen molar-refractivity contribution in [3.63, 3.8) is 0 Å². The Morgan fingerprint density at radius 2 is 1.71 bits per heavy atom. The van der Waals surface area contributed by atoms with Gasteiger partial charge in [0, 0.05) is 6.04 Å². The van der Waals surface area contributed by atoms with Crippen molar-refractivity contribution < 1.29 is 18.0 Å². The topological polar surface area (TPSA) is 92.3 Å². The van der Waals surface area contributed by atoms with E-state index in [0.29, 0.717) is 12.0 Å². The van der Waals surface area contributed by atoms with Crippen LogP contribution < -0.4 is 10.6 Å². The first-order chi connectivity index (χ1) is 13.3. The number of rotatable bonds is 5. The van der Waals surface area contributed by atoms with E-state index in [1.54, 1.807) is 48.5 Å². The van der Waals surface area contributed by atoms with Crippen LogP contribution in [0.3, 0.4) is 0 Å². The molecule has 0 aromatic heterocycles. The number of carbonyl (C=O) groups is 2. The first kappa shape index (κ1) is 20.1. The molecule has 0 saturated carbocycles. The fourth-order valence-corrected chi connectivity index (χ4v) is 4.78. The molecule has 1 aliphatic rings. The summed E-state index contributed by atoms with van der Waals surface area (Å²) in [5.41, 5.74) is 0.964. The maximum absolute atomic E-state index is 12.7. The summed E-state index contributed by atoms with van der Waals surface area (Å²) < 4.78 is 23.3. The predicted molar refractivity (Wildman–Crippen MR) is 109 cm³/mol. The molecule has 1 saturated heterocycles. The molecule has 1 heterocycles. The van der Waals surface area contributed by atoms with E-state index in [0.717, 1.165) is 0 Å². The molecule has 6 nitrogen and oxygen atoms in total. The predicted octanol–water partition coefficient (Wildman–Crippen LogP) is 2.41. The standard InChI is InChI=1S/C20H19ClN2O4S/c21-17-9-5-4-8-16(17)19(24)23-18(12-14-6-2-1-3-7-14)20(25)22-15-10-11-28(26,27)13-15/h1-9,12,15H,10-11,13H2,(H,22,25)(H,23,24)/b18-12-/t15-/m0/s1. The van der Waals surface area contributed by atoms with E-state index in [1.165, 1.54) is 6.08 Å². The van der Waals surface area contributed by atoms with E-state index >= 15 is 0 Å². The Kier molecular flexibility index (Phi) is 6.16. The number of carbonyl (C=O) groups excluding carboxylic acids is 2. The second-order valence-electron chi connectivity index (χ2n) is 6.48. The highest BCUT2D eigenvalue weighted by Gasteiger charge is 2.30. The molecule has 8 heteroatoms. The van der Waals surface area contributed by atoms with E-state index in [9.17, 15) is 18.0 Å². The van der Waals surface area contributed by atoms with Gasteiger partial charge < -0.3 is 10.6 Å². The van der Waals surface area contributed by atoms with Gasteiger partial charge in [-0.2, -0.15) is 0 Å². The first-order valence-electron chi connectivity index (χ1n) is 8.68. The van der Waals surface area contributed by atoms with Crippen LogP contribution in [-0.4, -0.2) is 37.8 Å². The van der Waals surface area contributed by atoms with E-state index < -0.39 is 27.7 Å². The maximum atomic E-state index is 12.7. The fraction of sp³-hybridized carbons (Fsp3) is 0.200. The Morgan fingerprint density at radius 3 is 2.36 bits per heavy atom. The zero-order chi connectivity index (χ0) is 20.1. The zero-order valence-corrected chi connectivity index (χ0v) is 16.5. The number of halogens is 1. The van der Waals surface area contributed by atoms with Crippen molar-refractivity contribution >= 4 is 39.3 Å². The van der Waals surface area contributed by atoms with E-state index in [2.05, 4.69) is 10.6 Å². The SMILES string of the molecule is O=C(N[C@H]1CCS(=O)(=O)C1)/C(=C/c1ccccc1)NC(=O)c1ccccc1Cl. The summed E-state index contributed by atoms with van der Waals surface area (Å²) in [6.45, 7) is 0. The summed E-state index contributed by atoms with van der Waals surface area (Å²) in [5, 5.41) is 5.55. The van der Waals surface area contributed by atoms with Gasteiger partial charge in [0.05, 0.1) is 22.1 Å². The number of nitrogens with one attached hydrogen (secondary N) is 2. The second-order valence-corrected chi connectivity index (χ2v) is 9.11. The van der Waals surface area contributed by atoms with Crippen LogP contribution in [0.25, 0.3) is 6.08 Å². The van der Waals surface area contributed by atoms with Crippen LogP contribution in [0.4, 0.5) is 0 Å². The van der Waals surface area contributed by atoms with E-state index in [4.69, 9.17) is 11.6 Å². The van der Waals surface area contributed by atoms with Gasteiger partial charge in [0.1, 0.15) is 5.70 Å². The van der Waals surface area contributed by atoms with E-state index in [1.807, 2.05) is 6.07 Å². The molecule has 146 valence electrons. The Hall–Kier alpha value is -2.64. The van der Waals surface area contributed by atoms with Crippen LogP contribution >= 0.6 is 11.6 Å². The largest absolute Gasteiger partial charge is 0.347 e. The van der Waals surface area contributed by atoms with Crippen molar-refractivity contribution in [2.24, 2.45) is 0 Å². The maximum Gasteiger partial charge on any atom is 0.268 e. The lowest BCUT2D eigenvalue weighted by Crippen LogP contribution is -2.41. The Bertz CT molecular complexity index is 1020. The summed E-state index contributed by atoms with van der Waals surface area (Å²) in [5.74, 6) is -1.13. The molecule has 0 unspecified atom stereocenters. The van der Waals surface area contributed by atoms with Crippen molar-refractivity contribution in [2.75, 3.05) is 11.5 Å². The van der Waals surface area contributed by atoms with Gasteiger partial charge in [-0.05, 0) is 30.2 Å². The molecular formula is C20H19ClN2O4S. The van der Waals surface area contributed by atoms with Gasteiger partial charge in [-0.3, -0.25) is 9.59 Å². The summed E-state index contributed by atoms with van der Waals surface area (Å²) in [4.78, 5) is 25.3. The zero-order valence-electron chi connectivity index (χ0n) is 14.9. The molecule has 2 aromatic carbocycles. The molecule has 2 aromatic rings. The highest BCUT2D eigenvalue weighted by molar-refractivity contribution is 7.91. The normalized spacial score (nSPS) is 18.5. The molecule has 1 atom stereocenters. The smallest absolute Gasteiger partial charge is 0.268 e. The lowest BCUT2D eigenvalue weighted by Gasteiger charge is -2.15. The quantitative estimate of drug-likeness (QED) is 0.729. The molecule has 0 bridgehead atoms. The van der Waals surface area contributed by atoms with Crippen LogP contribution in [0.2, 0.25) is 5.02 Å². The van der Waals surface area contributed by atoms with Gasteiger partial charge >= 0.3 is 0 Å². The number of amides is 2. The van der Waals surface area contributed by atoms with Crippen molar-refractivity contribution in [1.29, 1.82) is 0 Å². The van der Waals surface area contributed by atoms with Crippen LogP contribution in [-0.2, 0) is 14.6 Å². The minimum Gasteiger partial charge on any atom is -0.347 e. The third kappa shape index (κ3) is 5.21. The summed E-state index contributed by atoms with van der Waals surface area (Å²) in [7, 11) is -3.14. The molecule has 2 amide bonds. The summed E-state index contributed by atoms with van der Waals surface area (Å²) >= 11 is 6.06. The monoisotopic (exact) mass is 418 g/mol. The minimum absolute atomic E-state index is 0.0143. The first-order valence-corrected chi connectivity index (χ1v) is 10.9. The lowest BCUT2D eigenvalue weighted by atomic mass is 10.1. The number of hydrogen-bond acceptors (Lipinski definition) is 4. The summed E-state index contributed by atoms with van der Waals surface area (Å²) in [6, 6.07) is 15.1. The van der Waals surface area contributed by atoms with Gasteiger partial charge in [-0.15, -0.1) is 0 Å². The van der Waals surface area contributed by atoms with Gasteiger partial charge in [0.2, 0.25) is 0 Å². The highest BCUT2D eigenvalue weighted by atomic mass is 35.5. The molecule has 0 aliphatic carbocycles. The third-order valence-electron chi connectivity index (χ3n) is 4.29. The Balaban J connectivity index is 1.83. The Morgan fingerprint density at radius 1 is 1.04 bits per heavy atom. The molecule has 0 spiro atoms. The van der Waals surface area contributed by atoms with Crippen LogP contribution in [0, 0.1) is 0 Å². The average Bonchev–Trinajstić information content (AvgIpc) is 3.00. The van der Waals surface area contributed by atoms with Gasteiger partial charge in [-0.25, -0.2) is 8.42 Å². The molecule has 1 fully saturated rings. The van der Waals surface area contributed by atoms with Crippen molar-refractivity contribution in [1.82, 2.24) is 10.6 Å². The Labute approximate surface area is 168 Å². The molecule has 1 aliphatic heterocycles. The third-order valence-corrected chi connectivity index (χ3v) is 6.39. The van der Waals surface area contributed by atoms with Crippen LogP contribution in [0.15, 0.2) is 60.3 Å². The van der Waals surface area contributed by atoms with Crippen LogP contribution in [0.1, 0.15) is 22.3 Å². The molecule has 3 rings (SSSR count).